The van der Waals surface area contributed by atoms with Crippen LogP contribution in [0.2, 0.25) is 0 Å². The lowest BCUT2D eigenvalue weighted by Gasteiger charge is -2.20. The van der Waals surface area contributed by atoms with E-state index in [1.54, 1.807) is 21.6 Å². The quantitative estimate of drug-likeness (QED) is 0.174. The summed E-state index contributed by atoms with van der Waals surface area (Å²) in [5.74, 6) is 7.37. The first-order chi connectivity index (χ1) is 13.8. The second-order valence-corrected chi connectivity index (χ2v) is 9.89. The highest BCUT2D eigenvalue weighted by molar-refractivity contribution is 8.76. The van der Waals surface area contributed by atoms with Crippen molar-refractivity contribution >= 4 is 33.4 Å². The Labute approximate surface area is 184 Å². The van der Waals surface area contributed by atoms with E-state index in [-0.39, 0.29) is 29.8 Å². The molecule has 0 saturated heterocycles. The molecule has 0 aromatic rings. The van der Waals surface area contributed by atoms with Gasteiger partial charge in [-0.05, 0) is 12.3 Å². The molecule has 0 aliphatic heterocycles. The van der Waals surface area contributed by atoms with E-state index in [2.05, 4.69) is 36.3 Å². The standard InChI is InChI=1S/C21H38N2O4S2/c1-7-18(6)20(25)23-11-14-28-29-21(17(4)5)27-13-12-26-15-19(24)22-10-8-9-16(2)3/h16-18,21H,7,10-15H2,1-6H3,(H,22,24)(H,23,25). The van der Waals surface area contributed by atoms with E-state index >= 15 is 0 Å². The molecule has 0 radical (unpaired) electrons. The number of hydrogen-bond donors (Lipinski definition) is 2. The summed E-state index contributed by atoms with van der Waals surface area (Å²) in [6.07, 6.45) is 0.854. The first kappa shape index (κ1) is 28.1. The van der Waals surface area contributed by atoms with Gasteiger partial charge in [0.1, 0.15) is 12.0 Å². The summed E-state index contributed by atoms with van der Waals surface area (Å²) in [5.41, 5.74) is 0.0361. The van der Waals surface area contributed by atoms with Gasteiger partial charge in [0.2, 0.25) is 11.8 Å². The number of hydrogen-bond acceptors (Lipinski definition) is 6. The zero-order chi connectivity index (χ0) is 22.1. The van der Waals surface area contributed by atoms with Crippen LogP contribution in [0.25, 0.3) is 0 Å². The van der Waals surface area contributed by atoms with Gasteiger partial charge >= 0.3 is 0 Å². The molecule has 2 N–H and O–H groups in total. The van der Waals surface area contributed by atoms with Crippen molar-refractivity contribution in [1.29, 1.82) is 0 Å². The number of carbonyl (C=O) groups is 2. The minimum Gasteiger partial charge on any atom is -0.369 e. The Morgan fingerprint density at radius 2 is 1.79 bits per heavy atom. The third-order valence-electron chi connectivity index (χ3n) is 3.76. The number of rotatable bonds is 15. The Kier molecular flexibility index (Phi) is 17.4. The summed E-state index contributed by atoms with van der Waals surface area (Å²) in [7, 11) is 3.36. The highest BCUT2D eigenvalue weighted by Crippen LogP contribution is 2.31. The molecule has 0 aliphatic rings. The maximum atomic E-state index is 11.7. The van der Waals surface area contributed by atoms with Crippen LogP contribution in [0.3, 0.4) is 0 Å². The van der Waals surface area contributed by atoms with Gasteiger partial charge in [0.15, 0.2) is 0 Å². The third kappa shape index (κ3) is 16.6. The number of ether oxygens (including phenoxy) is 2. The molecule has 0 heterocycles. The molecule has 0 rings (SSSR count). The number of nitrogens with one attached hydrogen (secondary N) is 2. The van der Waals surface area contributed by atoms with Crippen LogP contribution in [0.5, 0.6) is 0 Å². The Balaban J connectivity index is 3.83. The van der Waals surface area contributed by atoms with Gasteiger partial charge in [0, 0.05) is 24.1 Å². The van der Waals surface area contributed by atoms with Gasteiger partial charge in [0.05, 0.1) is 19.8 Å². The van der Waals surface area contributed by atoms with Crippen LogP contribution in [0, 0.1) is 29.6 Å². The molecule has 0 aromatic heterocycles. The van der Waals surface area contributed by atoms with Crippen LogP contribution in [-0.4, -0.2) is 55.9 Å². The largest absolute Gasteiger partial charge is 0.369 e. The fourth-order valence-electron chi connectivity index (χ4n) is 1.86. The lowest BCUT2D eigenvalue weighted by molar-refractivity contribution is -0.126. The Morgan fingerprint density at radius 1 is 1.07 bits per heavy atom. The van der Waals surface area contributed by atoms with Crippen molar-refractivity contribution in [1.82, 2.24) is 10.6 Å². The molecule has 0 bridgehead atoms. The predicted molar refractivity (Wildman–Crippen MR) is 124 cm³/mol. The summed E-state index contributed by atoms with van der Waals surface area (Å²) in [6.45, 7) is 14.0. The first-order valence-corrected chi connectivity index (χ1v) is 12.7. The molecule has 0 spiro atoms. The zero-order valence-corrected chi connectivity index (χ0v) is 20.3. The second-order valence-electron chi connectivity index (χ2n) is 7.31. The van der Waals surface area contributed by atoms with E-state index < -0.39 is 0 Å². The van der Waals surface area contributed by atoms with Crippen LogP contribution in [0.1, 0.15) is 48.0 Å². The lowest BCUT2D eigenvalue weighted by atomic mass is 10.1. The Bertz CT molecular complexity index is 519. The molecular formula is C21H38N2O4S2. The molecule has 2 amide bonds. The van der Waals surface area contributed by atoms with E-state index in [4.69, 9.17) is 9.47 Å². The minimum atomic E-state index is -0.173. The van der Waals surface area contributed by atoms with Gasteiger partial charge < -0.3 is 20.1 Å². The molecule has 0 fully saturated rings. The monoisotopic (exact) mass is 446 g/mol. The van der Waals surface area contributed by atoms with Crippen LogP contribution in [0.4, 0.5) is 0 Å². The van der Waals surface area contributed by atoms with Crippen molar-refractivity contribution < 1.29 is 19.1 Å². The van der Waals surface area contributed by atoms with Gasteiger partial charge in [-0.3, -0.25) is 9.59 Å². The van der Waals surface area contributed by atoms with Crippen molar-refractivity contribution in [2.75, 3.05) is 38.7 Å². The fourth-order valence-corrected chi connectivity index (χ4v) is 4.42. The maximum absolute atomic E-state index is 11.7. The highest BCUT2D eigenvalue weighted by Gasteiger charge is 2.15. The van der Waals surface area contributed by atoms with Crippen molar-refractivity contribution in [3.63, 3.8) is 0 Å². The summed E-state index contributed by atoms with van der Waals surface area (Å²) in [4.78, 5) is 23.4. The van der Waals surface area contributed by atoms with Gasteiger partial charge in [0.25, 0.3) is 0 Å². The van der Waals surface area contributed by atoms with E-state index in [0.717, 1.165) is 12.2 Å². The summed E-state index contributed by atoms with van der Waals surface area (Å²) in [5, 5.41) is 5.65. The Hall–Kier alpha value is -0.880. The maximum Gasteiger partial charge on any atom is 0.246 e. The van der Waals surface area contributed by atoms with E-state index in [9.17, 15) is 9.59 Å². The molecule has 2 atom stereocenters. The molecule has 0 saturated carbocycles. The molecule has 6 nitrogen and oxygen atoms in total. The summed E-state index contributed by atoms with van der Waals surface area (Å²) >= 11 is 0. The lowest BCUT2D eigenvalue weighted by Crippen LogP contribution is -2.30. The summed E-state index contributed by atoms with van der Waals surface area (Å²) < 4.78 is 11.2. The van der Waals surface area contributed by atoms with Crippen molar-refractivity contribution in [2.45, 2.75) is 53.4 Å². The molecular weight excluding hydrogens is 408 g/mol. The van der Waals surface area contributed by atoms with Crippen LogP contribution in [-0.2, 0) is 19.1 Å². The van der Waals surface area contributed by atoms with Crippen molar-refractivity contribution in [3.8, 4) is 11.8 Å². The average Bonchev–Trinajstić information content (AvgIpc) is 2.67. The number of carbonyl (C=O) groups excluding carboxylic acids is 2. The molecule has 0 aliphatic carbocycles. The zero-order valence-electron chi connectivity index (χ0n) is 18.7. The van der Waals surface area contributed by atoms with E-state index in [0.29, 0.717) is 38.1 Å². The smallest absolute Gasteiger partial charge is 0.246 e. The molecule has 8 heteroatoms. The average molecular weight is 447 g/mol. The van der Waals surface area contributed by atoms with Crippen LogP contribution in [0.15, 0.2) is 0 Å². The highest BCUT2D eigenvalue weighted by atomic mass is 33.1. The molecule has 168 valence electrons. The van der Waals surface area contributed by atoms with E-state index in [1.165, 1.54) is 0 Å². The van der Waals surface area contributed by atoms with Crippen molar-refractivity contribution in [3.05, 3.63) is 0 Å². The third-order valence-corrected chi connectivity index (χ3v) is 6.61. The summed E-state index contributed by atoms with van der Waals surface area (Å²) in [6, 6.07) is 0. The minimum absolute atomic E-state index is 0.0108. The van der Waals surface area contributed by atoms with Crippen molar-refractivity contribution in [2.24, 2.45) is 17.8 Å². The van der Waals surface area contributed by atoms with Gasteiger partial charge in [-0.2, -0.15) is 0 Å². The second kappa shape index (κ2) is 17.9. The predicted octanol–water partition coefficient (Wildman–Crippen LogP) is 3.32. The normalized spacial score (nSPS) is 13.0. The first-order valence-electron chi connectivity index (χ1n) is 10.3. The SMILES string of the molecule is CCC(C)C(=O)NCCSSC(OCCOCC(=O)NCC#CC(C)C)C(C)C. The molecule has 2 unspecified atom stereocenters. The van der Waals surface area contributed by atoms with E-state index in [1.807, 2.05) is 27.7 Å². The van der Waals surface area contributed by atoms with Gasteiger partial charge in [-0.25, -0.2) is 0 Å². The Morgan fingerprint density at radius 3 is 2.41 bits per heavy atom. The topological polar surface area (TPSA) is 76.7 Å². The molecule has 29 heavy (non-hydrogen) atoms. The van der Waals surface area contributed by atoms with Crippen LogP contribution < -0.4 is 10.6 Å². The number of amides is 2. The van der Waals surface area contributed by atoms with Gasteiger partial charge in [-0.15, -0.1) is 0 Å². The fraction of sp³-hybridized carbons (Fsp3) is 0.810. The molecule has 0 aromatic carbocycles. The van der Waals surface area contributed by atoms with Gasteiger partial charge in [-0.1, -0.05) is 75.0 Å². The van der Waals surface area contributed by atoms with Crippen LogP contribution >= 0.6 is 21.6 Å².